The first kappa shape index (κ1) is 14.9. The highest BCUT2D eigenvalue weighted by Gasteiger charge is 2.29. The monoisotopic (exact) mass is 275 g/mol. The van der Waals surface area contributed by atoms with Gasteiger partial charge in [-0.05, 0) is 44.2 Å². The molecule has 1 saturated heterocycles. The lowest BCUT2D eigenvalue weighted by Crippen LogP contribution is -2.47. The number of amides is 1. The van der Waals surface area contributed by atoms with Gasteiger partial charge in [-0.2, -0.15) is 0 Å². The fraction of sp³-hybridized carbons (Fsp3) is 0.588. The quantitative estimate of drug-likeness (QED) is 0.847. The molecule has 1 aliphatic heterocycles. The van der Waals surface area contributed by atoms with Crippen LogP contribution in [-0.4, -0.2) is 30.0 Å². The average molecular weight is 275 g/mol. The minimum atomic E-state index is -0.421. The van der Waals surface area contributed by atoms with Crippen molar-refractivity contribution in [3.8, 4) is 5.75 Å². The number of hydrogen-bond acceptors (Lipinski definition) is 2. The van der Waals surface area contributed by atoms with Crippen molar-refractivity contribution in [1.82, 2.24) is 4.90 Å². The first-order valence-electron chi connectivity index (χ1n) is 7.48. The Balaban J connectivity index is 1.96. The maximum absolute atomic E-state index is 12.5. The standard InChI is InChI=1S/C17H25NO2/c1-12-5-7-16(8-6-12)20-15(4)17(19)18-10-13(2)9-14(3)11-18/h5-8,13-15H,9-11H2,1-4H3/t13-,14-,15-/m0/s1. The van der Waals surface area contributed by atoms with Gasteiger partial charge in [0.2, 0.25) is 0 Å². The average Bonchev–Trinajstić information content (AvgIpc) is 2.39. The van der Waals surface area contributed by atoms with Crippen molar-refractivity contribution in [1.29, 1.82) is 0 Å². The van der Waals surface area contributed by atoms with Crippen molar-refractivity contribution in [3.05, 3.63) is 29.8 Å². The number of benzene rings is 1. The minimum absolute atomic E-state index is 0.101. The van der Waals surface area contributed by atoms with Crippen molar-refractivity contribution in [2.75, 3.05) is 13.1 Å². The van der Waals surface area contributed by atoms with E-state index < -0.39 is 6.10 Å². The number of carbonyl (C=O) groups excluding carboxylic acids is 1. The molecule has 2 rings (SSSR count). The maximum atomic E-state index is 12.5. The van der Waals surface area contributed by atoms with Crippen LogP contribution in [0.4, 0.5) is 0 Å². The van der Waals surface area contributed by atoms with Crippen LogP contribution in [0.1, 0.15) is 32.8 Å². The van der Waals surface area contributed by atoms with E-state index in [1.165, 1.54) is 12.0 Å². The molecule has 1 amide bonds. The number of piperidine rings is 1. The number of rotatable bonds is 3. The Hall–Kier alpha value is -1.51. The van der Waals surface area contributed by atoms with Crippen molar-refractivity contribution < 1.29 is 9.53 Å². The number of hydrogen-bond donors (Lipinski definition) is 0. The van der Waals surface area contributed by atoms with E-state index in [1.54, 1.807) is 0 Å². The minimum Gasteiger partial charge on any atom is -0.481 e. The van der Waals surface area contributed by atoms with E-state index in [0.29, 0.717) is 11.8 Å². The first-order chi connectivity index (χ1) is 9.45. The third-order valence-electron chi connectivity index (χ3n) is 3.86. The summed E-state index contributed by atoms with van der Waals surface area (Å²) >= 11 is 0. The van der Waals surface area contributed by atoms with E-state index in [1.807, 2.05) is 43.0 Å². The zero-order valence-corrected chi connectivity index (χ0v) is 12.9. The zero-order valence-electron chi connectivity index (χ0n) is 12.9. The molecule has 0 spiro atoms. The Kier molecular flexibility index (Phi) is 4.69. The molecule has 3 nitrogen and oxygen atoms in total. The number of likely N-dealkylation sites (tertiary alicyclic amines) is 1. The van der Waals surface area contributed by atoms with Crippen LogP contribution < -0.4 is 4.74 Å². The van der Waals surface area contributed by atoms with Crippen molar-refractivity contribution in [3.63, 3.8) is 0 Å². The molecule has 0 unspecified atom stereocenters. The van der Waals surface area contributed by atoms with Gasteiger partial charge in [-0.3, -0.25) is 4.79 Å². The van der Waals surface area contributed by atoms with E-state index in [4.69, 9.17) is 4.74 Å². The topological polar surface area (TPSA) is 29.5 Å². The summed E-state index contributed by atoms with van der Waals surface area (Å²) in [7, 11) is 0. The zero-order chi connectivity index (χ0) is 14.7. The summed E-state index contributed by atoms with van der Waals surface area (Å²) in [5.41, 5.74) is 1.19. The summed E-state index contributed by atoms with van der Waals surface area (Å²) < 4.78 is 5.76. The van der Waals surface area contributed by atoms with E-state index in [2.05, 4.69) is 13.8 Å². The van der Waals surface area contributed by atoms with Gasteiger partial charge in [0.1, 0.15) is 5.75 Å². The molecule has 3 heteroatoms. The molecule has 110 valence electrons. The van der Waals surface area contributed by atoms with Crippen LogP contribution in [0.3, 0.4) is 0 Å². The molecule has 0 bridgehead atoms. The van der Waals surface area contributed by atoms with Crippen LogP contribution in [0, 0.1) is 18.8 Å². The van der Waals surface area contributed by atoms with Gasteiger partial charge in [0.15, 0.2) is 6.10 Å². The van der Waals surface area contributed by atoms with E-state index >= 15 is 0 Å². The smallest absolute Gasteiger partial charge is 0.263 e. The second-order valence-corrected chi connectivity index (χ2v) is 6.26. The van der Waals surface area contributed by atoms with Crippen LogP contribution in [0.15, 0.2) is 24.3 Å². The Bertz CT molecular complexity index is 445. The molecule has 1 aromatic rings. The summed E-state index contributed by atoms with van der Waals surface area (Å²) in [6.45, 7) is 10.00. The number of ether oxygens (including phenoxy) is 1. The summed E-state index contributed by atoms with van der Waals surface area (Å²) in [5, 5.41) is 0. The molecule has 0 saturated carbocycles. The van der Waals surface area contributed by atoms with Crippen molar-refractivity contribution >= 4 is 5.91 Å². The Labute approximate surface area is 121 Å². The lowest BCUT2D eigenvalue weighted by atomic mass is 9.91. The fourth-order valence-electron chi connectivity index (χ4n) is 2.97. The molecule has 0 aliphatic carbocycles. The lowest BCUT2D eigenvalue weighted by Gasteiger charge is -2.36. The molecule has 1 aliphatic rings. The van der Waals surface area contributed by atoms with Crippen LogP contribution >= 0.6 is 0 Å². The lowest BCUT2D eigenvalue weighted by molar-refractivity contribution is -0.140. The number of carbonyl (C=O) groups is 1. The maximum Gasteiger partial charge on any atom is 0.263 e. The molecular formula is C17H25NO2. The third-order valence-corrected chi connectivity index (χ3v) is 3.86. The molecule has 0 N–H and O–H groups in total. The largest absolute Gasteiger partial charge is 0.481 e. The molecule has 20 heavy (non-hydrogen) atoms. The highest BCUT2D eigenvalue weighted by atomic mass is 16.5. The SMILES string of the molecule is Cc1ccc(O[C@@H](C)C(=O)N2C[C@@H](C)C[C@H](C)C2)cc1. The predicted octanol–water partition coefficient (Wildman–Crippen LogP) is 3.27. The van der Waals surface area contributed by atoms with Crippen molar-refractivity contribution in [2.45, 2.75) is 40.2 Å². The molecule has 0 aromatic heterocycles. The van der Waals surface area contributed by atoms with Gasteiger partial charge in [-0.15, -0.1) is 0 Å². The Morgan fingerprint density at radius 1 is 1.20 bits per heavy atom. The molecule has 0 radical (unpaired) electrons. The van der Waals surface area contributed by atoms with E-state index in [9.17, 15) is 4.79 Å². The predicted molar refractivity (Wildman–Crippen MR) is 80.8 cm³/mol. The fourth-order valence-corrected chi connectivity index (χ4v) is 2.97. The summed E-state index contributed by atoms with van der Waals surface area (Å²) in [4.78, 5) is 14.4. The highest BCUT2D eigenvalue weighted by molar-refractivity contribution is 5.81. The van der Waals surface area contributed by atoms with Crippen LogP contribution in [0.2, 0.25) is 0 Å². The molecular weight excluding hydrogens is 250 g/mol. The van der Waals surface area contributed by atoms with Crippen LogP contribution in [0.5, 0.6) is 5.75 Å². The molecule has 1 fully saturated rings. The number of nitrogens with zero attached hydrogens (tertiary/aromatic N) is 1. The van der Waals surface area contributed by atoms with Crippen LogP contribution in [0.25, 0.3) is 0 Å². The first-order valence-corrected chi connectivity index (χ1v) is 7.48. The molecule has 3 atom stereocenters. The normalized spacial score (nSPS) is 24.3. The van der Waals surface area contributed by atoms with Gasteiger partial charge in [0.25, 0.3) is 5.91 Å². The van der Waals surface area contributed by atoms with Gasteiger partial charge < -0.3 is 9.64 Å². The second-order valence-electron chi connectivity index (χ2n) is 6.26. The van der Waals surface area contributed by atoms with Crippen LogP contribution in [-0.2, 0) is 4.79 Å². The van der Waals surface area contributed by atoms with Gasteiger partial charge in [-0.1, -0.05) is 31.5 Å². The summed E-state index contributed by atoms with van der Waals surface area (Å²) in [6, 6.07) is 7.83. The molecule has 1 heterocycles. The second kappa shape index (κ2) is 6.29. The van der Waals surface area contributed by atoms with Gasteiger partial charge in [-0.25, -0.2) is 0 Å². The third kappa shape index (κ3) is 3.75. The summed E-state index contributed by atoms with van der Waals surface area (Å²) in [6.07, 6.45) is 0.784. The van der Waals surface area contributed by atoms with Gasteiger partial charge in [0.05, 0.1) is 0 Å². The van der Waals surface area contributed by atoms with Crippen molar-refractivity contribution in [2.24, 2.45) is 11.8 Å². The highest BCUT2D eigenvalue weighted by Crippen LogP contribution is 2.22. The van der Waals surface area contributed by atoms with E-state index in [0.717, 1.165) is 18.8 Å². The van der Waals surface area contributed by atoms with Gasteiger partial charge in [0, 0.05) is 13.1 Å². The number of aryl methyl sites for hydroxylation is 1. The Morgan fingerprint density at radius 3 is 2.30 bits per heavy atom. The van der Waals surface area contributed by atoms with E-state index in [-0.39, 0.29) is 5.91 Å². The summed E-state index contributed by atoms with van der Waals surface area (Å²) in [5.74, 6) is 2.02. The van der Waals surface area contributed by atoms with Gasteiger partial charge >= 0.3 is 0 Å². The Morgan fingerprint density at radius 2 is 1.75 bits per heavy atom. The molecule has 1 aromatic carbocycles.